The van der Waals surface area contributed by atoms with Gasteiger partial charge in [-0.15, -0.1) is 0 Å². The van der Waals surface area contributed by atoms with Gasteiger partial charge in [0.2, 0.25) is 14.8 Å². The number of quaternary nitrogens is 1. The third-order valence-electron chi connectivity index (χ3n) is 5.41. The number of hydrogen-bond acceptors (Lipinski definition) is 4. The van der Waals surface area contributed by atoms with E-state index < -0.39 is 10.0 Å². The van der Waals surface area contributed by atoms with Crippen LogP contribution in [0.1, 0.15) is 30.1 Å². The van der Waals surface area contributed by atoms with Crippen molar-refractivity contribution >= 4 is 28.3 Å². The zero-order valence-corrected chi connectivity index (χ0v) is 17.6. The van der Waals surface area contributed by atoms with E-state index in [9.17, 15) is 8.42 Å². The number of hydrogen-bond donors (Lipinski definition) is 1. The van der Waals surface area contributed by atoms with Crippen molar-refractivity contribution in [3.05, 3.63) is 51.9 Å². The zero-order chi connectivity index (χ0) is 19.7. The summed E-state index contributed by atoms with van der Waals surface area (Å²) in [6.45, 7) is 3.19. The van der Waals surface area contributed by atoms with Crippen molar-refractivity contribution in [2.75, 3.05) is 26.2 Å². The van der Waals surface area contributed by atoms with Gasteiger partial charge in [-0.2, -0.15) is 14.1 Å². The molecule has 0 amide bonds. The molecule has 4 rings (SSSR count). The second kappa shape index (κ2) is 7.90. The second-order valence-electron chi connectivity index (χ2n) is 7.54. The second-order valence-corrected chi connectivity index (χ2v) is 9.72. The van der Waals surface area contributed by atoms with Gasteiger partial charge in [-0.05, 0) is 36.7 Å². The molecule has 1 saturated carbocycles. The summed E-state index contributed by atoms with van der Waals surface area (Å²) in [4.78, 5) is 1.30. The molecule has 1 aliphatic carbocycles. The van der Waals surface area contributed by atoms with E-state index in [4.69, 9.17) is 17.3 Å². The first kappa shape index (κ1) is 19.5. The van der Waals surface area contributed by atoms with Gasteiger partial charge in [-0.1, -0.05) is 30.3 Å². The average molecular weight is 421 g/mol. The van der Waals surface area contributed by atoms with Crippen LogP contribution in [0.2, 0.25) is 0 Å². The van der Waals surface area contributed by atoms with Crippen molar-refractivity contribution in [3.8, 4) is 0 Å². The molecule has 2 heterocycles. The van der Waals surface area contributed by atoms with E-state index in [1.807, 2.05) is 46.6 Å². The molecule has 2 aliphatic rings. The third kappa shape index (κ3) is 4.27. The predicted molar refractivity (Wildman–Crippen MR) is 111 cm³/mol. The maximum atomic E-state index is 12.6. The van der Waals surface area contributed by atoms with Crippen LogP contribution in [0.4, 0.5) is 0 Å². The molecule has 1 N–H and O–H groups in total. The van der Waals surface area contributed by atoms with Gasteiger partial charge in [0, 0.05) is 18.4 Å². The van der Waals surface area contributed by atoms with E-state index >= 15 is 0 Å². The van der Waals surface area contributed by atoms with Gasteiger partial charge in [-0.3, -0.25) is 0 Å². The zero-order valence-electron chi connectivity index (χ0n) is 16.0. The van der Waals surface area contributed by atoms with Gasteiger partial charge in [0.05, 0.1) is 26.2 Å². The molecule has 1 aromatic carbocycles. The highest BCUT2D eigenvalue weighted by molar-refractivity contribution is 7.92. The standard InChI is InChI=1S/C19H25N5O2S2/c1-21-18(17-7-8-17)20-24(19(21)27)15-22-10-12-23(13-11-22)28(25,26)14-9-16-5-3-2-4-6-16/h2-6,9,14,17H,7-8,10-13,15H2,1H3/p+1/b14-9+. The normalized spacial score (nSPS) is 19.5. The summed E-state index contributed by atoms with van der Waals surface area (Å²) in [7, 11) is -1.41. The Morgan fingerprint density at radius 3 is 2.54 bits per heavy atom. The Labute approximate surface area is 170 Å². The highest BCUT2D eigenvalue weighted by Crippen LogP contribution is 2.38. The number of sulfonamides is 1. The lowest BCUT2D eigenvalue weighted by Crippen LogP contribution is -3.14. The lowest BCUT2D eigenvalue weighted by molar-refractivity contribution is -0.926. The average Bonchev–Trinajstić information content (AvgIpc) is 3.51. The molecular weight excluding hydrogens is 394 g/mol. The molecule has 2 fully saturated rings. The monoisotopic (exact) mass is 420 g/mol. The van der Waals surface area contributed by atoms with Crippen LogP contribution in [0, 0.1) is 4.77 Å². The highest BCUT2D eigenvalue weighted by Gasteiger charge is 2.31. The summed E-state index contributed by atoms with van der Waals surface area (Å²) in [5, 5.41) is 6.02. The number of piperazine rings is 1. The topological polar surface area (TPSA) is 64.6 Å². The molecule has 0 atom stereocenters. The molecule has 0 unspecified atom stereocenters. The number of aromatic nitrogens is 3. The van der Waals surface area contributed by atoms with Gasteiger partial charge < -0.3 is 9.47 Å². The predicted octanol–water partition coefficient (Wildman–Crippen LogP) is 0.987. The van der Waals surface area contributed by atoms with Crippen molar-refractivity contribution in [3.63, 3.8) is 0 Å². The molecule has 7 nitrogen and oxygen atoms in total. The number of benzene rings is 1. The first-order chi connectivity index (χ1) is 13.4. The Balaban J connectivity index is 1.36. The van der Waals surface area contributed by atoms with E-state index in [1.165, 1.54) is 23.1 Å². The van der Waals surface area contributed by atoms with Crippen LogP contribution in [0.25, 0.3) is 6.08 Å². The van der Waals surface area contributed by atoms with Crippen LogP contribution in [-0.2, 0) is 23.7 Å². The molecule has 0 spiro atoms. The van der Waals surface area contributed by atoms with Crippen LogP contribution < -0.4 is 4.90 Å². The molecule has 9 heteroatoms. The Kier molecular flexibility index (Phi) is 5.50. The van der Waals surface area contributed by atoms with Gasteiger partial charge in [-0.25, -0.2) is 8.42 Å². The van der Waals surface area contributed by atoms with Gasteiger partial charge in [0.1, 0.15) is 5.82 Å². The van der Waals surface area contributed by atoms with E-state index in [-0.39, 0.29) is 0 Å². The highest BCUT2D eigenvalue weighted by atomic mass is 32.2. The fourth-order valence-electron chi connectivity index (χ4n) is 3.55. The molecular formula is C19H26N5O2S2+. The number of rotatable bonds is 6. The Morgan fingerprint density at radius 1 is 1.21 bits per heavy atom. The Morgan fingerprint density at radius 2 is 1.89 bits per heavy atom. The van der Waals surface area contributed by atoms with Crippen LogP contribution >= 0.6 is 12.2 Å². The summed E-state index contributed by atoms with van der Waals surface area (Å²) >= 11 is 5.53. The van der Waals surface area contributed by atoms with Crippen LogP contribution in [-0.4, -0.2) is 53.2 Å². The summed E-state index contributed by atoms with van der Waals surface area (Å²) in [6.07, 6.45) is 4.04. The lowest BCUT2D eigenvalue weighted by Gasteiger charge is -2.30. The maximum Gasteiger partial charge on any atom is 0.236 e. The van der Waals surface area contributed by atoms with E-state index in [0.29, 0.717) is 25.7 Å². The van der Waals surface area contributed by atoms with Crippen molar-refractivity contribution in [1.29, 1.82) is 0 Å². The van der Waals surface area contributed by atoms with Crippen LogP contribution in [0.3, 0.4) is 0 Å². The quantitative estimate of drug-likeness (QED) is 0.708. The molecule has 1 aromatic heterocycles. The molecule has 1 aliphatic heterocycles. The van der Waals surface area contributed by atoms with Crippen molar-refractivity contribution in [2.45, 2.75) is 25.4 Å². The fourth-order valence-corrected chi connectivity index (χ4v) is 4.94. The van der Waals surface area contributed by atoms with E-state index in [2.05, 4.69) is 0 Å². The number of nitrogens with one attached hydrogen (secondary N) is 1. The van der Waals surface area contributed by atoms with Gasteiger partial charge in [0.25, 0.3) is 0 Å². The maximum absolute atomic E-state index is 12.6. The number of nitrogens with zero attached hydrogens (tertiary/aromatic N) is 4. The van der Waals surface area contributed by atoms with E-state index in [0.717, 1.165) is 29.2 Å². The molecule has 2 aromatic rings. The van der Waals surface area contributed by atoms with Crippen molar-refractivity contribution in [2.24, 2.45) is 7.05 Å². The summed E-state index contributed by atoms with van der Waals surface area (Å²) in [5.74, 6) is 1.64. The Bertz CT molecular complexity index is 1010. The molecule has 0 radical (unpaired) electrons. The minimum atomic E-state index is -3.40. The molecule has 150 valence electrons. The molecule has 1 saturated heterocycles. The minimum absolute atomic E-state index is 0.506. The van der Waals surface area contributed by atoms with Crippen molar-refractivity contribution < 1.29 is 13.3 Å². The van der Waals surface area contributed by atoms with Crippen molar-refractivity contribution in [1.82, 2.24) is 18.7 Å². The first-order valence-electron chi connectivity index (χ1n) is 9.64. The SMILES string of the molecule is Cn1c(C2CC2)nn(C[NH+]2CCN(S(=O)(=O)/C=C/c3ccccc3)CC2)c1=S. The first-order valence-corrected chi connectivity index (χ1v) is 11.6. The fraction of sp³-hybridized carbons (Fsp3) is 0.474. The van der Waals surface area contributed by atoms with Gasteiger partial charge in [0.15, 0.2) is 6.67 Å². The smallest absolute Gasteiger partial charge is 0.236 e. The summed E-state index contributed by atoms with van der Waals surface area (Å²) < 4.78 is 31.4. The summed E-state index contributed by atoms with van der Waals surface area (Å²) in [6, 6.07) is 9.48. The largest absolute Gasteiger partial charge is 0.314 e. The van der Waals surface area contributed by atoms with E-state index in [1.54, 1.807) is 10.4 Å². The third-order valence-corrected chi connectivity index (χ3v) is 7.46. The molecule has 28 heavy (non-hydrogen) atoms. The van der Waals surface area contributed by atoms with Crippen LogP contribution in [0.15, 0.2) is 35.7 Å². The van der Waals surface area contributed by atoms with Crippen LogP contribution in [0.5, 0.6) is 0 Å². The lowest BCUT2D eigenvalue weighted by atomic mass is 10.2. The summed E-state index contributed by atoms with van der Waals surface area (Å²) in [5.41, 5.74) is 0.881. The molecule has 0 bridgehead atoms. The Hall–Kier alpha value is -1.81. The minimum Gasteiger partial charge on any atom is -0.314 e. The van der Waals surface area contributed by atoms with Gasteiger partial charge >= 0.3 is 0 Å².